The van der Waals surface area contributed by atoms with Gasteiger partial charge in [-0.2, -0.15) is 0 Å². The van der Waals surface area contributed by atoms with Crippen LogP contribution in [0.5, 0.6) is 0 Å². The van der Waals surface area contributed by atoms with E-state index in [1.807, 2.05) is 0 Å². The van der Waals surface area contributed by atoms with Gasteiger partial charge >= 0.3 is 0 Å². The number of nitrogens with one attached hydrogen (secondary N) is 1. The van der Waals surface area contributed by atoms with E-state index < -0.39 is 28.6 Å². The molecule has 1 aromatic carbocycles. The molecule has 0 atom stereocenters. The van der Waals surface area contributed by atoms with Crippen molar-refractivity contribution in [2.24, 2.45) is 5.73 Å². The Bertz CT molecular complexity index is 524. The van der Waals surface area contributed by atoms with Crippen LogP contribution in [0, 0.1) is 11.6 Å². The highest BCUT2D eigenvalue weighted by Crippen LogP contribution is 2.22. The molecule has 3 nitrogen and oxygen atoms in total. The molecule has 0 heterocycles. The van der Waals surface area contributed by atoms with E-state index in [1.165, 1.54) is 0 Å². The van der Waals surface area contributed by atoms with Crippen LogP contribution in [0.15, 0.2) is 16.6 Å². The Hall–Kier alpha value is -1.08. The van der Waals surface area contributed by atoms with Crippen LogP contribution in [0.2, 0.25) is 0 Å². The number of carbonyl (C=O) groups is 1. The van der Waals surface area contributed by atoms with Gasteiger partial charge in [-0.15, -0.1) is 0 Å². The van der Waals surface area contributed by atoms with Crippen molar-refractivity contribution in [3.05, 3.63) is 33.8 Å². The molecule has 0 unspecified atom stereocenters. The summed E-state index contributed by atoms with van der Waals surface area (Å²) in [6.45, 7) is 3.58. The summed E-state index contributed by atoms with van der Waals surface area (Å²) in [6.07, 6.45) is 0.870. The molecule has 0 aromatic heterocycles. The maximum Gasteiger partial charge on any atom is 0.258 e. The zero-order valence-electron chi connectivity index (χ0n) is 11.1. The van der Waals surface area contributed by atoms with Gasteiger partial charge in [0.05, 0.1) is 10.5 Å². The van der Waals surface area contributed by atoms with E-state index in [0.29, 0.717) is 12.8 Å². The Morgan fingerprint density at radius 1 is 1.35 bits per heavy atom. The molecule has 1 aromatic rings. The van der Waals surface area contributed by atoms with E-state index >= 15 is 0 Å². The van der Waals surface area contributed by atoms with Gasteiger partial charge in [0.1, 0.15) is 17.2 Å². The van der Waals surface area contributed by atoms with Crippen molar-refractivity contribution in [2.75, 3.05) is 0 Å². The fraction of sp³-hybridized carbons (Fsp3) is 0.385. The quantitative estimate of drug-likeness (QED) is 0.788. The maximum atomic E-state index is 13.8. The number of carbonyl (C=O) groups excluding carboxylic acids is 1. The summed E-state index contributed by atoms with van der Waals surface area (Å²) in [5.41, 5.74) is 4.05. The van der Waals surface area contributed by atoms with E-state index in [-0.39, 0.29) is 9.46 Å². The monoisotopic (exact) mass is 364 g/mol. The highest BCUT2D eigenvalue weighted by atomic mass is 79.9. The van der Waals surface area contributed by atoms with Gasteiger partial charge in [0.2, 0.25) is 0 Å². The van der Waals surface area contributed by atoms with Crippen LogP contribution in [0.25, 0.3) is 0 Å². The highest BCUT2D eigenvalue weighted by molar-refractivity contribution is 9.10. The van der Waals surface area contributed by atoms with Crippen LogP contribution in [0.4, 0.5) is 8.78 Å². The fourth-order valence-electron chi connectivity index (χ4n) is 1.88. The first-order chi connectivity index (χ1) is 9.27. The summed E-state index contributed by atoms with van der Waals surface area (Å²) in [7, 11) is 0. The number of thiocarbonyl (C=S) groups is 1. The normalized spacial score (nSPS) is 11.2. The zero-order chi connectivity index (χ0) is 15.5. The van der Waals surface area contributed by atoms with E-state index in [0.717, 1.165) is 12.1 Å². The van der Waals surface area contributed by atoms with Crippen molar-refractivity contribution < 1.29 is 13.6 Å². The second kappa shape index (κ2) is 6.58. The van der Waals surface area contributed by atoms with Crippen LogP contribution in [0.1, 0.15) is 37.0 Å². The molecule has 3 N–H and O–H groups in total. The lowest BCUT2D eigenvalue weighted by molar-refractivity contribution is 0.0911. The van der Waals surface area contributed by atoms with E-state index in [9.17, 15) is 13.6 Å². The molecule has 0 radical (unpaired) electrons. The minimum absolute atomic E-state index is 0.0915. The molecular formula is C13H15BrF2N2OS. The largest absolute Gasteiger partial charge is 0.391 e. The van der Waals surface area contributed by atoms with Gasteiger partial charge in [0, 0.05) is 4.47 Å². The fourth-order valence-corrected chi connectivity index (χ4v) is 2.62. The Morgan fingerprint density at radius 2 is 1.80 bits per heavy atom. The first-order valence-corrected chi connectivity index (χ1v) is 7.24. The predicted molar refractivity (Wildman–Crippen MR) is 81.6 cm³/mol. The van der Waals surface area contributed by atoms with Gasteiger partial charge in [-0.25, -0.2) is 8.78 Å². The number of benzene rings is 1. The lowest BCUT2D eigenvalue weighted by atomic mass is 9.92. The van der Waals surface area contributed by atoms with Crippen LogP contribution in [-0.4, -0.2) is 16.4 Å². The van der Waals surface area contributed by atoms with Gasteiger partial charge in [-0.3, -0.25) is 4.79 Å². The van der Waals surface area contributed by atoms with Crippen molar-refractivity contribution in [3.8, 4) is 0 Å². The summed E-state index contributed by atoms with van der Waals surface area (Å²) in [5.74, 6) is -2.76. The average Bonchev–Trinajstić information content (AvgIpc) is 2.34. The number of hydrogen-bond acceptors (Lipinski definition) is 2. The number of rotatable bonds is 5. The molecule has 1 rings (SSSR count). The molecule has 7 heteroatoms. The summed E-state index contributed by atoms with van der Waals surface area (Å²) >= 11 is 7.91. The first-order valence-electron chi connectivity index (χ1n) is 6.04. The molecule has 0 aliphatic rings. The highest BCUT2D eigenvalue weighted by Gasteiger charge is 2.33. The molecule has 1 amide bonds. The molecule has 110 valence electrons. The zero-order valence-corrected chi connectivity index (χ0v) is 13.5. The van der Waals surface area contributed by atoms with Crippen molar-refractivity contribution in [3.63, 3.8) is 0 Å². The molecule has 0 saturated carbocycles. The Labute approximate surface area is 130 Å². The molecular weight excluding hydrogens is 350 g/mol. The molecule has 0 fully saturated rings. The second-order valence-corrected chi connectivity index (χ2v) is 5.71. The van der Waals surface area contributed by atoms with Gasteiger partial charge < -0.3 is 11.1 Å². The lowest BCUT2D eigenvalue weighted by Crippen LogP contribution is -2.56. The lowest BCUT2D eigenvalue weighted by Gasteiger charge is -2.31. The Kier molecular flexibility index (Phi) is 5.59. The SMILES string of the molecule is CCC(CC)(NC(=O)c1c(F)cc(Br)cc1F)C(N)=S. The van der Waals surface area contributed by atoms with Crippen molar-refractivity contribution in [1.82, 2.24) is 5.32 Å². The van der Waals surface area contributed by atoms with Crippen molar-refractivity contribution in [1.29, 1.82) is 0 Å². The minimum atomic E-state index is -0.946. The third kappa shape index (κ3) is 3.32. The minimum Gasteiger partial charge on any atom is -0.391 e. The summed E-state index contributed by atoms with van der Waals surface area (Å²) in [6, 6.07) is 2.05. The van der Waals surface area contributed by atoms with Crippen LogP contribution in [-0.2, 0) is 0 Å². The Morgan fingerprint density at radius 3 is 2.15 bits per heavy atom. The third-order valence-corrected chi connectivity index (χ3v) is 4.11. The molecule has 0 bridgehead atoms. The van der Waals surface area contributed by atoms with Crippen molar-refractivity contribution in [2.45, 2.75) is 32.2 Å². The summed E-state index contributed by atoms with van der Waals surface area (Å²) in [4.78, 5) is 12.2. The van der Waals surface area contributed by atoms with Gasteiger partial charge in [0.15, 0.2) is 0 Å². The van der Waals surface area contributed by atoms with Gasteiger partial charge in [-0.1, -0.05) is 42.0 Å². The topological polar surface area (TPSA) is 55.1 Å². The van der Waals surface area contributed by atoms with E-state index in [4.69, 9.17) is 18.0 Å². The molecule has 0 aliphatic carbocycles. The van der Waals surface area contributed by atoms with Crippen molar-refractivity contribution >= 4 is 39.0 Å². The number of nitrogens with two attached hydrogens (primary N) is 1. The summed E-state index contributed by atoms with van der Waals surface area (Å²) < 4.78 is 27.7. The molecule has 0 spiro atoms. The average molecular weight is 365 g/mol. The second-order valence-electron chi connectivity index (χ2n) is 4.35. The molecule has 0 aliphatic heterocycles. The smallest absolute Gasteiger partial charge is 0.258 e. The first kappa shape index (κ1) is 17.0. The number of hydrogen-bond donors (Lipinski definition) is 2. The van der Waals surface area contributed by atoms with Crippen LogP contribution < -0.4 is 11.1 Å². The van der Waals surface area contributed by atoms with Crippen LogP contribution in [0.3, 0.4) is 0 Å². The van der Waals surface area contributed by atoms with E-state index in [1.54, 1.807) is 13.8 Å². The van der Waals surface area contributed by atoms with E-state index in [2.05, 4.69) is 21.2 Å². The number of halogens is 3. The summed E-state index contributed by atoms with van der Waals surface area (Å²) in [5, 5.41) is 2.55. The standard InChI is InChI=1S/C13H15BrF2N2OS/c1-3-13(4-2,12(17)20)18-11(19)10-8(15)5-7(14)6-9(10)16/h5-6H,3-4H2,1-2H3,(H2,17,20)(H,18,19). The maximum absolute atomic E-state index is 13.8. The van der Waals surface area contributed by atoms with Gasteiger partial charge in [-0.05, 0) is 25.0 Å². The number of amides is 1. The van der Waals surface area contributed by atoms with Crippen LogP contribution >= 0.6 is 28.1 Å². The molecule has 20 heavy (non-hydrogen) atoms. The predicted octanol–water partition coefficient (Wildman–Crippen LogP) is 3.30. The molecule has 0 saturated heterocycles. The van der Waals surface area contributed by atoms with Gasteiger partial charge in [0.25, 0.3) is 5.91 Å². The third-order valence-electron chi connectivity index (χ3n) is 3.27. The Balaban J connectivity index is 3.17.